The largest absolute Gasteiger partial charge is 0.481 e. The minimum absolute atomic E-state index is 0.0236. The summed E-state index contributed by atoms with van der Waals surface area (Å²) in [6.45, 7) is 1.09. The van der Waals surface area contributed by atoms with E-state index in [-0.39, 0.29) is 23.6 Å². The standard InChI is InChI=1S/C16H15F2NO5/c1-9-12(16(21)22)6-11(24-9)7-19(2)15(20)8-23-14-4-3-10(17)5-13(14)18/h3-6H,7-8H2,1-2H3,(H,21,22). The zero-order chi connectivity index (χ0) is 17.9. The summed E-state index contributed by atoms with van der Waals surface area (Å²) >= 11 is 0. The molecule has 1 amide bonds. The Labute approximate surface area is 136 Å². The maximum Gasteiger partial charge on any atom is 0.339 e. The van der Waals surface area contributed by atoms with Gasteiger partial charge in [-0.25, -0.2) is 13.6 Å². The molecule has 1 aromatic carbocycles. The molecule has 0 radical (unpaired) electrons. The number of hydrogen-bond acceptors (Lipinski definition) is 4. The monoisotopic (exact) mass is 339 g/mol. The Hall–Kier alpha value is -2.90. The van der Waals surface area contributed by atoms with Crippen molar-refractivity contribution in [1.29, 1.82) is 0 Å². The average molecular weight is 339 g/mol. The summed E-state index contributed by atoms with van der Waals surface area (Å²) in [5, 5.41) is 8.96. The number of rotatable bonds is 6. The van der Waals surface area contributed by atoms with Crippen molar-refractivity contribution in [1.82, 2.24) is 4.90 Å². The fraction of sp³-hybridized carbons (Fsp3) is 0.250. The number of amides is 1. The van der Waals surface area contributed by atoms with E-state index < -0.39 is 30.1 Å². The number of nitrogens with zero attached hydrogens (tertiary/aromatic N) is 1. The molecule has 0 fully saturated rings. The highest BCUT2D eigenvalue weighted by atomic mass is 19.1. The van der Waals surface area contributed by atoms with Gasteiger partial charge < -0.3 is 19.2 Å². The molecule has 1 aromatic heterocycles. The molecule has 1 heterocycles. The Morgan fingerprint density at radius 1 is 1.29 bits per heavy atom. The maximum absolute atomic E-state index is 13.4. The normalized spacial score (nSPS) is 10.5. The molecule has 8 heteroatoms. The summed E-state index contributed by atoms with van der Waals surface area (Å²) in [6, 6.07) is 4.10. The second kappa shape index (κ2) is 7.12. The van der Waals surface area contributed by atoms with Gasteiger partial charge in [0, 0.05) is 13.1 Å². The number of ether oxygens (including phenoxy) is 1. The van der Waals surface area contributed by atoms with Crippen LogP contribution in [-0.2, 0) is 11.3 Å². The topological polar surface area (TPSA) is 80.0 Å². The fourth-order valence-corrected chi connectivity index (χ4v) is 2.00. The van der Waals surface area contributed by atoms with Gasteiger partial charge in [-0.05, 0) is 25.1 Å². The Morgan fingerprint density at radius 3 is 2.58 bits per heavy atom. The molecule has 0 aliphatic rings. The molecule has 0 saturated heterocycles. The van der Waals surface area contributed by atoms with Crippen LogP contribution < -0.4 is 4.74 Å². The molecular weight excluding hydrogens is 324 g/mol. The Bertz CT molecular complexity index is 772. The zero-order valence-corrected chi connectivity index (χ0v) is 13.0. The molecule has 0 aliphatic heterocycles. The van der Waals surface area contributed by atoms with Crippen molar-refractivity contribution in [2.24, 2.45) is 0 Å². The highest BCUT2D eigenvalue weighted by Gasteiger charge is 2.17. The van der Waals surface area contributed by atoms with Crippen molar-refractivity contribution >= 4 is 11.9 Å². The summed E-state index contributed by atoms with van der Waals surface area (Å²) < 4.78 is 36.5. The highest BCUT2D eigenvalue weighted by molar-refractivity contribution is 5.88. The van der Waals surface area contributed by atoms with Gasteiger partial charge in [0.2, 0.25) is 0 Å². The lowest BCUT2D eigenvalue weighted by atomic mass is 10.2. The smallest absolute Gasteiger partial charge is 0.339 e. The van der Waals surface area contributed by atoms with E-state index in [0.29, 0.717) is 11.8 Å². The van der Waals surface area contributed by atoms with Crippen LogP contribution in [0, 0.1) is 18.6 Å². The van der Waals surface area contributed by atoms with E-state index in [4.69, 9.17) is 14.3 Å². The third-order valence-electron chi connectivity index (χ3n) is 3.26. The molecule has 0 saturated carbocycles. The lowest BCUT2D eigenvalue weighted by molar-refractivity contribution is -0.132. The van der Waals surface area contributed by atoms with Crippen molar-refractivity contribution in [3.63, 3.8) is 0 Å². The summed E-state index contributed by atoms with van der Waals surface area (Å²) in [5.41, 5.74) is 0.0236. The Balaban J connectivity index is 1.94. The minimum Gasteiger partial charge on any atom is -0.481 e. The van der Waals surface area contributed by atoms with Gasteiger partial charge >= 0.3 is 5.97 Å². The summed E-state index contributed by atoms with van der Waals surface area (Å²) in [4.78, 5) is 24.2. The quantitative estimate of drug-likeness (QED) is 0.875. The first-order valence-corrected chi connectivity index (χ1v) is 6.92. The van der Waals surface area contributed by atoms with Crippen LogP contribution in [0.5, 0.6) is 5.75 Å². The van der Waals surface area contributed by atoms with Crippen LogP contribution in [0.4, 0.5) is 8.78 Å². The van der Waals surface area contributed by atoms with E-state index in [1.807, 2.05) is 0 Å². The van der Waals surface area contributed by atoms with Crippen molar-refractivity contribution < 1.29 is 32.6 Å². The van der Waals surface area contributed by atoms with E-state index in [9.17, 15) is 18.4 Å². The van der Waals surface area contributed by atoms with Gasteiger partial charge in [-0.3, -0.25) is 4.79 Å². The third-order valence-corrected chi connectivity index (χ3v) is 3.26. The molecule has 2 rings (SSSR count). The second-order valence-corrected chi connectivity index (χ2v) is 5.10. The van der Waals surface area contributed by atoms with Gasteiger partial charge in [0.25, 0.3) is 5.91 Å². The summed E-state index contributed by atoms with van der Waals surface area (Å²) in [6.07, 6.45) is 0. The van der Waals surface area contributed by atoms with Crippen LogP contribution in [0.1, 0.15) is 21.9 Å². The first-order chi connectivity index (χ1) is 11.3. The van der Waals surface area contributed by atoms with Crippen LogP contribution in [0.3, 0.4) is 0 Å². The van der Waals surface area contributed by atoms with E-state index in [1.165, 1.54) is 24.9 Å². The van der Waals surface area contributed by atoms with Crippen LogP contribution in [0.15, 0.2) is 28.7 Å². The molecule has 1 N–H and O–H groups in total. The molecule has 6 nitrogen and oxygen atoms in total. The van der Waals surface area contributed by atoms with Gasteiger partial charge in [0.1, 0.15) is 22.9 Å². The van der Waals surface area contributed by atoms with Crippen molar-refractivity contribution in [2.45, 2.75) is 13.5 Å². The SMILES string of the molecule is Cc1oc(CN(C)C(=O)COc2ccc(F)cc2F)cc1C(=O)O. The molecular formula is C16H15F2NO5. The Kier molecular flexibility index (Phi) is 5.18. The van der Waals surface area contributed by atoms with Gasteiger partial charge in [-0.15, -0.1) is 0 Å². The first-order valence-electron chi connectivity index (χ1n) is 6.92. The van der Waals surface area contributed by atoms with Crippen LogP contribution >= 0.6 is 0 Å². The predicted octanol–water partition coefficient (Wildman–Crippen LogP) is 2.60. The molecule has 128 valence electrons. The van der Waals surface area contributed by atoms with Gasteiger partial charge in [0.05, 0.1) is 6.54 Å². The highest BCUT2D eigenvalue weighted by Crippen LogP contribution is 2.18. The van der Waals surface area contributed by atoms with E-state index in [1.54, 1.807) is 0 Å². The number of carboxylic acid groups (broad SMARTS) is 1. The number of carbonyl (C=O) groups is 2. The van der Waals surface area contributed by atoms with Crippen molar-refractivity contribution in [3.05, 3.63) is 53.0 Å². The molecule has 24 heavy (non-hydrogen) atoms. The fourth-order valence-electron chi connectivity index (χ4n) is 2.00. The maximum atomic E-state index is 13.4. The van der Waals surface area contributed by atoms with Crippen LogP contribution in [-0.4, -0.2) is 35.5 Å². The zero-order valence-electron chi connectivity index (χ0n) is 13.0. The molecule has 0 bridgehead atoms. The summed E-state index contributed by atoms with van der Waals surface area (Å²) in [5.74, 6) is -2.95. The van der Waals surface area contributed by atoms with Gasteiger partial charge in [0.15, 0.2) is 18.2 Å². The first kappa shape index (κ1) is 17.5. The Morgan fingerprint density at radius 2 is 2.00 bits per heavy atom. The number of carboxylic acids is 1. The minimum atomic E-state index is -1.12. The number of aromatic carboxylic acids is 1. The van der Waals surface area contributed by atoms with Gasteiger partial charge in [-0.2, -0.15) is 0 Å². The van der Waals surface area contributed by atoms with E-state index in [0.717, 1.165) is 12.1 Å². The number of likely N-dealkylation sites (N-methyl/N-ethyl adjacent to an activating group) is 1. The average Bonchev–Trinajstić information content (AvgIpc) is 2.86. The molecule has 2 aromatic rings. The van der Waals surface area contributed by atoms with Crippen LogP contribution in [0.2, 0.25) is 0 Å². The predicted molar refractivity (Wildman–Crippen MR) is 78.7 cm³/mol. The number of furan rings is 1. The number of aryl methyl sites for hydroxylation is 1. The van der Waals surface area contributed by atoms with Crippen molar-refractivity contribution in [3.8, 4) is 5.75 Å². The molecule has 0 unspecified atom stereocenters. The summed E-state index contributed by atoms with van der Waals surface area (Å²) in [7, 11) is 1.46. The second-order valence-electron chi connectivity index (χ2n) is 5.10. The van der Waals surface area contributed by atoms with E-state index in [2.05, 4.69) is 0 Å². The number of carbonyl (C=O) groups excluding carboxylic acids is 1. The van der Waals surface area contributed by atoms with Crippen molar-refractivity contribution in [2.75, 3.05) is 13.7 Å². The lowest BCUT2D eigenvalue weighted by Gasteiger charge is -2.16. The van der Waals surface area contributed by atoms with E-state index >= 15 is 0 Å². The van der Waals surface area contributed by atoms with Crippen LogP contribution in [0.25, 0.3) is 0 Å². The molecule has 0 aliphatic carbocycles. The number of halogens is 2. The molecule has 0 atom stereocenters. The van der Waals surface area contributed by atoms with Gasteiger partial charge in [-0.1, -0.05) is 0 Å². The number of benzene rings is 1. The third kappa shape index (κ3) is 4.09. The lowest BCUT2D eigenvalue weighted by Crippen LogP contribution is -2.30. The molecule has 0 spiro atoms. The number of hydrogen-bond donors (Lipinski definition) is 1.